The Morgan fingerprint density at radius 2 is 2.29 bits per heavy atom. The van der Waals surface area contributed by atoms with Gasteiger partial charge in [-0.3, -0.25) is 4.99 Å². The lowest BCUT2D eigenvalue weighted by Gasteiger charge is -2.27. The van der Waals surface area contributed by atoms with E-state index in [-0.39, 0.29) is 6.04 Å². The van der Waals surface area contributed by atoms with E-state index in [4.69, 9.17) is 15.5 Å². The van der Waals surface area contributed by atoms with Gasteiger partial charge >= 0.3 is 0 Å². The maximum Gasteiger partial charge on any atom is 0.120 e. The third-order valence-corrected chi connectivity index (χ3v) is 4.60. The van der Waals surface area contributed by atoms with E-state index in [1.54, 1.807) is 18.4 Å². The van der Waals surface area contributed by atoms with Crippen LogP contribution in [-0.2, 0) is 0 Å². The first-order chi connectivity index (χ1) is 10.2. The second kappa shape index (κ2) is 5.87. The Morgan fingerprint density at radius 1 is 1.43 bits per heavy atom. The van der Waals surface area contributed by atoms with E-state index in [0.717, 1.165) is 28.3 Å². The van der Waals surface area contributed by atoms with Crippen LogP contribution < -0.4 is 15.4 Å². The number of benzodiazepines with no additional fused rings is 1. The first kappa shape index (κ1) is 14.1. The number of hydrogen-bond acceptors (Lipinski definition) is 5. The van der Waals surface area contributed by atoms with Crippen LogP contribution >= 0.6 is 11.3 Å². The van der Waals surface area contributed by atoms with Crippen molar-refractivity contribution in [1.29, 1.82) is 0 Å². The number of aliphatic imine (C=N–C) groups is 1. The number of likely N-dealkylation sites (N-methyl/N-ethyl adjacent to an activating group) is 1. The van der Waals surface area contributed by atoms with Crippen LogP contribution in [0.2, 0.25) is 0 Å². The minimum absolute atomic E-state index is 0.201. The molecule has 0 radical (unpaired) electrons. The van der Waals surface area contributed by atoms with Gasteiger partial charge in [0, 0.05) is 41.9 Å². The summed E-state index contributed by atoms with van der Waals surface area (Å²) in [7, 11) is 3.76. The monoisotopic (exact) mass is 301 g/mol. The van der Waals surface area contributed by atoms with Gasteiger partial charge in [-0.25, -0.2) is 0 Å². The molecule has 2 aromatic rings. The fourth-order valence-corrected chi connectivity index (χ4v) is 3.25. The number of nitrogens with two attached hydrogens (primary N) is 1. The SMILES string of the molecule is COc1ccc2c(c1)N(C)C(CN)CN=C2c1ccsc1. The van der Waals surface area contributed by atoms with E-state index in [2.05, 4.69) is 40.9 Å². The van der Waals surface area contributed by atoms with Crippen LogP contribution in [0.5, 0.6) is 5.75 Å². The molecule has 110 valence electrons. The van der Waals surface area contributed by atoms with Crippen LogP contribution in [0.4, 0.5) is 5.69 Å². The number of methoxy groups -OCH3 is 1. The predicted octanol–water partition coefficient (Wildman–Crippen LogP) is 2.37. The zero-order valence-electron chi connectivity index (χ0n) is 12.2. The summed E-state index contributed by atoms with van der Waals surface area (Å²) in [5, 5.41) is 4.21. The van der Waals surface area contributed by atoms with Gasteiger partial charge in [0.05, 0.1) is 25.4 Å². The van der Waals surface area contributed by atoms with Crippen molar-refractivity contribution in [3.8, 4) is 5.75 Å². The minimum Gasteiger partial charge on any atom is -0.497 e. The van der Waals surface area contributed by atoms with Crippen molar-refractivity contribution in [2.45, 2.75) is 6.04 Å². The van der Waals surface area contributed by atoms with E-state index in [0.29, 0.717) is 13.1 Å². The summed E-state index contributed by atoms with van der Waals surface area (Å²) in [6, 6.07) is 8.44. The molecule has 0 aliphatic carbocycles. The highest BCUT2D eigenvalue weighted by atomic mass is 32.1. The molecule has 0 amide bonds. The van der Waals surface area contributed by atoms with Crippen molar-refractivity contribution in [3.63, 3.8) is 0 Å². The van der Waals surface area contributed by atoms with Crippen LogP contribution in [0, 0.1) is 0 Å². The molecule has 1 aromatic carbocycles. The zero-order chi connectivity index (χ0) is 14.8. The Morgan fingerprint density at radius 3 is 2.95 bits per heavy atom. The van der Waals surface area contributed by atoms with Crippen molar-refractivity contribution in [3.05, 3.63) is 46.2 Å². The van der Waals surface area contributed by atoms with E-state index in [9.17, 15) is 0 Å². The second-order valence-electron chi connectivity index (χ2n) is 5.08. The molecule has 1 aromatic heterocycles. The quantitative estimate of drug-likeness (QED) is 0.947. The first-order valence-electron chi connectivity index (χ1n) is 6.93. The van der Waals surface area contributed by atoms with Crippen LogP contribution in [0.1, 0.15) is 11.1 Å². The normalized spacial score (nSPS) is 18.0. The van der Waals surface area contributed by atoms with Gasteiger partial charge in [0.15, 0.2) is 0 Å². The highest BCUT2D eigenvalue weighted by Crippen LogP contribution is 2.31. The topological polar surface area (TPSA) is 50.9 Å². The number of ether oxygens (including phenoxy) is 1. The van der Waals surface area contributed by atoms with Gasteiger partial charge in [0.1, 0.15) is 5.75 Å². The van der Waals surface area contributed by atoms with E-state index >= 15 is 0 Å². The van der Waals surface area contributed by atoms with Crippen molar-refractivity contribution < 1.29 is 4.74 Å². The summed E-state index contributed by atoms with van der Waals surface area (Å²) < 4.78 is 5.37. The number of nitrogens with zero attached hydrogens (tertiary/aromatic N) is 2. The largest absolute Gasteiger partial charge is 0.497 e. The van der Waals surface area contributed by atoms with Gasteiger partial charge in [-0.2, -0.15) is 11.3 Å². The molecule has 2 heterocycles. The highest BCUT2D eigenvalue weighted by molar-refractivity contribution is 7.08. The number of anilines is 1. The van der Waals surface area contributed by atoms with Gasteiger partial charge < -0.3 is 15.4 Å². The van der Waals surface area contributed by atoms with Gasteiger partial charge in [-0.1, -0.05) is 0 Å². The number of thiophene rings is 1. The minimum atomic E-state index is 0.201. The predicted molar refractivity (Wildman–Crippen MR) is 89.1 cm³/mol. The van der Waals surface area contributed by atoms with Gasteiger partial charge in [-0.05, 0) is 23.6 Å². The lowest BCUT2D eigenvalue weighted by molar-refractivity contribution is 0.414. The standard InChI is InChI=1S/C16H19N3OS/c1-19-12(8-17)9-18-16(11-5-6-21-10-11)14-4-3-13(20-2)7-15(14)19/h3-7,10,12H,8-9,17H2,1-2H3. The Kier molecular flexibility index (Phi) is 3.94. The maximum absolute atomic E-state index is 5.91. The smallest absolute Gasteiger partial charge is 0.120 e. The molecule has 0 bridgehead atoms. The van der Waals surface area contributed by atoms with E-state index in [1.807, 2.05) is 6.07 Å². The van der Waals surface area contributed by atoms with E-state index in [1.165, 1.54) is 0 Å². The fourth-order valence-electron chi connectivity index (χ4n) is 2.61. The molecule has 1 aliphatic heterocycles. The maximum atomic E-state index is 5.91. The van der Waals surface area contributed by atoms with Crippen LogP contribution in [0.15, 0.2) is 40.0 Å². The molecule has 0 saturated heterocycles. The molecule has 1 aliphatic rings. The summed E-state index contributed by atoms with van der Waals surface area (Å²) in [5.41, 5.74) is 10.4. The molecule has 5 heteroatoms. The molecule has 4 nitrogen and oxygen atoms in total. The lowest BCUT2D eigenvalue weighted by atomic mass is 10.0. The van der Waals surface area contributed by atoms with Crippen LogP contribution in [0.3, 0.4) is 0 Å². The number of hydrogen-bond donors (Lipinski definition) is 1. The second-order valence-corrected chi connectivity index (χ2v) is 5.86. The molecule has 21 heavy (non-hydrogen) atoms. The Hall–Kier alpha value is -1.85. The van der Waals surface area contributed by atoms with Gasteiger partial charge in [-0.15, -0.1) is 0 Å². The molecule has 2 N–H and O–H groups in total. The molecule has 1 atom stereocenters. The van der Waals surface area contributed by atoms with Crippen molar-refractivity contribution >= 4 is 22.7 Å². The third kappa shape index (κ3) is 2.54. The molecule has 0 saturated carbocycles. The first-order valence-corrected chi connectivity index (χ1v) is 7.87. The zero-order valence-corrected chi connectivity index (χ0v) is 13.1. The summed E-state index contributed by atoms with van der Waals surface area (Å²) in [6.07, 6.45) is 0. The Bertz CT molecular complexity index is 652. The number of rotatable bonds is 3. The average molecular weight is 301 g/mol. The number of benzene rings is 1. The molecular weight excluding hydrogens is 282 g/mol. The molecule has 0 fully saturated rings. The van der Waals surface area contributed by atoms with Gasteiger partial charge in [0.25, 0.3) is 0 Å². The Labute approximate surface area is 128 Å². The summed E-state index contributed by atoms with van der Waals surface area (Å²) in [5.74, 6) is 0.850. The average Bonchev–Trinajstić information content (AvgIpc) is 3.00. The summed E-state index contributed by atoms with van der Waals surface area (Å²) in [4.78, 5) is 7.04. The number of fused-ring (bicyclic) bond motifs is 1. The lowest BCUT2D eigenvalue weighted by Crippen LogP contribution is -2.39. The molecule has 3 rings (SSSR count). The van der Waals surface area contributed by atoms with Crippen LogP contribution in [0.25, 0.3) is 0 Å². The van der Waals surface area contributed by atoms with Crippen molar-refractivity contribution in [2.24, 2.45) is 10.7 Å². The molecule has 0 spiro atoms. The van der Waals surface area contributed by atoms with Crippen molar-refractivity contribution in [2.75, 3.05) is 32.1 Å². The Balaban J connectivity index is 2.16. The molecular formula is C16H19N3OS. The highest BCUT2D eigenvalue weighted by Gasteiger charge is 2.24. The van der Waals surface area contributed by atoms with E-state index < -0.39 is 0 Å². The third-order valence-electron chi connectivity index (χ3n) is 3.91. The summed E-state index contributed by atoms with van der Waals surface area (Å²) in [6.45, 7) is 1.28. The fraction of sp³-hybridized carbons (Fsp3) is 0.312. The molecule has 1 unspecified atom stereocenters. The van der Waals surface area contributed by atoms with Crippen molar-refractivity contribution in [1.82, 2.24) is 0 Å². The van der Waals surface area contributed by atoms with Crippen LogP contribution in [-0.4, -0.2) is 39.0 Å². The van der Waals surface area contributed by atoms with Gasteiger partial charge in [0.2, 0.25) is 0 Å². The summed E-state index contributed by atoms with van der Waals surface area (Å²) >= 11 is 1.69.